The molecule has 1 saturated heterocycles. The molecule has 1 unspecified atom stereocenters. The number of benzene rings is 1. The summed E-state index contributed by atoms with van der Waals surface area (Å²) < 4.78 is 15.6. The predicted molar refractivity (Wildman–Crippen MR) is 113 cm³/mol. The Morgan fingerprint density at radius 1 is 1.20 bits per heavy atom. The summed E-state index contributed by atoms with van der Waals surface area (Å²) in [4.78, 5) is 38.4. The Bertz CT molecular complexity index is 755. The maximum Gasteiger partial charge on any atom is 0.308 e. The van der Waals surface area contributed by atoms with Crippen molar-refractivity contribution in [2.75, 3.05) is 39.5 Å². The molecule has 1 fully saturated rings. The van der Waals surface area contributed by atoms with Gasteiger partial charge in [-0.05, 0) is 50.3 Å². The van der Waals surface area contributed by atoms with Crippen LogP contribution in [-0.2, 0) is 19.1 Å². The molecule has 164 valence electrons. The zero-order chi connectivity index (χ0) is 21.9. The lowest BCUT2D eigenvalue weighted by Gasteiger charge is -2.36. The Morgan fingerprint density at radius 2 is 1.93 bits per heavy atom. The van der Waals surface area contributed by atoms with Crippen LogP contribution in [0.25, 0.3) is 0 Å². The first-order chi connectivity index (χ1) is 14.5. The second-order valence-corrected chi connectivity index (χ2v) is 6.73. The molecule has 1 aliphatic heterocycles. The van der Waals surface area contributed by atoms with Crippen LogP contribution in [0.5, 0.6) is 5.75 Å². The van der Waals surface area contributed by atoms with Crippen molar-refractivity contribution < 1.29 is 28.6 Å². The van der Waals surface area contributed by atoms with E-state index in [-0.39, 0.29) is 24.0 Å². The molecule has 1 aliphatic rings. The summed E-state index contributed by atoms with van der Waals surface area (Å²) in [5.74, 6) is -0.637. The van der Waals surface area contributed by atoms with Crippen molar-refractivity contribution in [1.29, 1.82) is 0 Å². The Labute approximate surface area is 181 Å². The fourth-order valence-corrected chi connectivity index (χ4v) is 3.16. The van der Waals surface area contributed by atoms with Gasteiger partial charge in [-0.1, -0.05) is 0 Å². The molecule has 0 spiro atoms. The molecular formula is C20H27N3O6S. The zero-order valence-corrected chi connectivity index (χ0v) is 18.0. The third-order valence-corrected chi connectivity index (χ3v) is 4.63. The van der Waals surface area contributed by atoms with Gasteiger partial charge in [0.15, 0.2) is 5.11 Å². The summed E-state index contributed by atoms with van der Waals surface area (Å²) in [7, 11) is 0. The molecule has 0 radical (unpaired) electrons. The largest absolute Gasteiger partial charge is 0.494 e. The van der Waals surface area contributed by atoms with Gasteiger partial charge in [-0.2, -0.15) is 0 Å². The number of piperazine rings is 1. The van der Waals surface area contributed by atoms with Gasteiger partial charge in [0.05, 0.1) is 19.6 Å². The minimum Gasteiger partial charge on any atom is -0.494 e. The number of carbonyl (C=O) groups excluding carboxylic acids is 3. The van der Waals surface area contributed by atoms with Crippen LogP contribution in [0.15, 0.2) is 24.3 Å². The first-order valence-corrected chi connectivity index (χ1v) is 10.2. The van der Waals surface area contributed by atoms with Gasteiger partial charge in [-0.15, -0.1) is 0 Å². The van der Waals surface area contributed by atoms with Crippen molar-refractivity contribution in [3.63, 3.8) is 0 Å². The topological polar surface area (TPSA) is 106 Å². The third kappa shape index (κ3) is 6.96. The van der Waals surface area contributed by atoms with Crippen LogP contribution < -0.4 is 15.4 Å². The molecule has 1 atom stereocenters. The molecule has 0 aromatic heterocycles. The molecule has 2 rings (SSSR count). The molecule has 1 heterocycles. The molecule has 9 nitrogen and oxygen atoms in total. The van der Waals surface area contributed by atoms with E-state index >= 15 is 0 Å². The van der Waals surface area contributed by atoms with E-state index in [4.69, 9.17) is 26.4 Å². The molecule has 0 saturated carbocycles. The van der Waals surface area contributed by atoms with Gasteiger partial charge in [-0.3, -0.25) is 19.7 Å². The van der Waals surface area contributed by atoms with Crippen molar-refractivity contribution >= 4 is 35.1 Å². The number of ether oxygens (including phenoxy) is 3. The number of hydrogen-bond donors (Lipinski definition) is 2. The lowest BCUT2D eigenvalue weighted by Crippen LogP contribution is -2.60. The molecule has 2 amide bonds. The highest BCUT2D eigenvalue weighted by atomic mass is 32.1. The van der Waals surface area contributed by atoms with Crippen molar-refractivity contribution in [1.82, 2.24) is 15.5 Å². The van der Waals surface area contributed by atoms with E-state index in [1.165, 1.54) is 4.90 Å². The SMILES string of the molecule is CCOCCOC(=O)CC1C(=O)NCCN1C(=S)NC(=O)c1ccc(OCC)cc1. The minimum atomic E-state index is -0.855. The molecular weight excluding hydrogens is 410 g/mol. The van der Waals surface area contributed by atoms with Gasteiger partial charge in [0.2, 0.25) is 5.91 Å². The molecule has 1 aromatic rings. The van der Waals surface area contributed by atoms with Gasteiger partial charge in [0.1, 0.15) is 18.4 Å². The van der Waals surface area contributed by atoms with Gasteiger partial charge in [0.25, 0.3) is 5.91 Å². The molecule has 30 heavy (non-hydrogen) atoms. The number of carbonyl (C=O) groups is 3. The number of thiocarbonyl (C=S) groups is 1. The smallest absolute Gasteiger partial charge is 0.308 e. The van der Waals surface area contributed by atoms with Crippen LogP contribution in [0.2, 0.25) is 0 Å². The normalized spacial score (nSPS) is 15.9. The lowest BCUT2D eigenvalue weighted by molar-refractivity contribution is -0.148. The standard InChI is InChI=1S/C20H27N3O6S/c1-3-27-11-12-29-17(24)13-16-19(26)21-9-10-23(16)20(30)22-18(25)14-5-7-15(8-6-14)28-4-2/h5-8,16H,3-4,9-13H2,1-2H3,(H,21,26)(H,22,25,30). The van der Waals surface area contributed by atoms with E-state index < -0.39 is 17.9 Å². The van der Waals surface area contributed by atoms with Crippen LogP contribution in [-0.4, -0.2) is 73.4 Å². The Balaban J connectivity index is 1.96. The van der Waals surface area contributed by atoms with E-state index in [2.05, 4.69) is 10.6 Å². The second-order valence-electron chi connectivity index (χ2n) is 6.34. The minimum absolute atomic E-state index is 0.0795. The van der Waals surface area contributed by atoms with Gasteiger partial charge in [0, 0.05) is 25.3 Å². The quantitative estimate of drug-likeness (QED) is 0.333. The van der Waals surface area contributed by atoms with E-state index in [1.54, 1.807) is 24.3 Å². The molecule has 1 aromatic carbocycles. The summed E-state index contributed by atoms with van der Waals surface area (Å²) >= 11 is 5.34. The molecule has 10 heteroatoms. The van der Waals surface area contributed by atoms with Crippen LogP contribution in [0, 0.1) is 0 Å². The number of amides is 2. The summed E-state index contributed by atoms with van der Waals surface area (Å²) in [6.07, 6.45) is -0.184. The van der Waals surface area contributed by atoms with Crippen LogP contribution in [0.1, 0.15) is 30.6 Å². The van der Waals surface area contributed by atoms with Crippen LogP contribution in [0.3, 0.4) is 0 Å². The zero-order valence-electron chi connectivity index (χ0n) is 17.1. The van der Waals surface area contributed by atoms with Crippen molar-refractivity contribution in [2.24, 2.45) is 0 Å². The average molecular weight is 438 g/mol. The lowest BCUT2D eigenvalue weighted by atomic mass is 10.1. The van der Waals surface area contributed by atoms with Crippen molar-refractivity contribution in [2.45, 2.75) is 26.3 Å². The number of rotatable bonds is 9. The molecule has 2 N–H and O–H groups in total. The summed E-state index contributed by atoms with van der Waals surface area (Å²) in [6, 6.07) is 5.78. The molecule has 0 aliphatic carbocycles. The number of esters is 1. The van der Waals surface area contributed by atoms with E-state index in [9.17, 15) is 14.4 Å². The Morgan fingerprint density at radius 3 is 2.60 bits per heavy atom. The van der Waals surface area contributed by atoms with Gasteiger partial charge < -0.3 is 24.4 Å². The monoisotopic (exact) mass is 437 g/mol. The van der Waals surface area contributed by atoms with Crippen LogP contribution in [0.4, 0.5) is 0 Å². The predicted octanol–water partition coefficient (Wildman–Crippen LogP) is 0.870. The second kappa shape index (κ2) is 12.1. The highest BCUT2D eigenvalue weighted by Gasteiger charge is 2.34. The average Bonchev–Trinajstić information content (AvgIpc) is 2.73. The first-order valence-electron chi connectivity index (χ1n) is 9.82. The van der Waals surface area contributed by atoms with Crippen molar-refractivity contribution in [3.05, 3.63) is 29.8 Å². The first kappa shape index (κ1) is 23.6. The fourth-order valence-electron chi connectivity index (χ4n) is 2.85. The maximum atomic E-state index is 12.5. The highest BCUT2D eigenvalue weighted by molar-refractivity contribution is 7.80. The van der Waals surface area contributed by atoms with Crippen molar-refractivity contribution in [3.8, 4) is 5.75 Å². The number of nitrogens with one attached hydrogen (secondary N) is 2. The summed E-state index contributed by atoms with van der Waals surface area (Å²) in [5.41, 5.74) is 0.397. The Kier molecular flexibility index (Phi) is 9.49. The summed E-state index contributed by atoms with van der Waals surface area (Å²) in [5, 5.41) is 5.41. The summed E-state index contributed by atoms with van der Waals surface area (Å²) in [6.45, 7) is 5.90. The highest BCUT2D eigenvalue weighted by Crippen LogP contribution is 2.14. The van der Waals surface area contributed by atoms with E-state index in [1.807, 2.05) is 13.8 Å². The third-order valence-electron chi connectivity index (χ3n) is 4.29. The molecule has 0 bridgehead atoms. The van der Waals surface area contributed by atoms with Gasteiger partial charge in [-0.25, -0.2) is 0 Å². The maximum absolute atomic E-state index is 12.5. The number of nitrogens with zero attached hydrogens (tertiary/aromatic N) is 1. The van der Waals surface area contributed by atoms with Crippen LogP contribution >= 0.6 is 12.2 Å². The Hall–Kier alpha value is -2.72. The van der Waals surface area contributed by atoms with Gasteiger partial charge >= 0.3 is 5.97 Å². The number of hydrogen-bond acceptors (Lipinski definition) is 7. The van der Waals surface area contributed by atoms with E-state index in [0.717, 1.165) is 0 Å². The fraction of sp³-hybridized carbons (Fsp3) is 0.500. The van der Waals surface area contributed by atoms with E-state index in [0.29, 0.717) is 44.2 Å².